The first-order valence-electron chi connectivity index (χ1n) is 7.04. The minimum absolute atomic E-state index is 0.0904. The quantitative estimate of drug-likeness (QED) is 0.799. The maximum atomic E-state index is 12.2. The van der Waals surface area contributed by atoms with Crippen molar-refractivity contribution < 1.29 is 9.59 Å². The number of nitrogens with zero attached hydrogens (tertiary/aromatic N) is 2. The van der Waals surface area contributed by atoms with Gasteiger partial charge < -0.3 is 15.1 Å². The van der Waals surface area contributed by atoms with E-state index in [0.717, 1.165) is 51.9 Å². The molecule has 2 saturated heterocycles. The van der Waals surface area contributed by atoms with Crippen LogP contribution < -0.4 is 5.32 Å². The Bertz CT molecular complexity index is 305. The second kappa shape index (κ2) is 6.07. The van der Waals surface area contributed by atoms with Crippen LogP contribution in [0.2, 0.25) is 0 Å². The molecule has 0 spiro atoms. The molecule has 2 aliphatic heterocycles. The molecule has 0 aromatic carbocycles. The second-order valence-electron chi connectivity index (χ2n) is 5.13. The van der Waals surface area contributed by atoms with E-state index in [9.17, 15) is 9.59 Å². The van der Waals surface area contributed by atoms with Gasteiger partial charge in [-0.05, 0) is 32.6 Å². The summed E-state index contributed by atoms with van der Waals surface area (Å²) >= 11 is 0. The lowest BCUT2D eigenvalue weighted by Crippen LogP contribution is -2.47. The van der Waals surface area contributed by atoms with Gasteiger partial charge in [-0.2, -0.15) is 0 Å². The average Bonchev–Trinajstić information content (AvgIpc) is 2.92. The average molecular weight is 253 g/mol. The van der Waals surface area contributed by atoms with Gasteiger partial charge >= 0.3 is 6.03 Å². The molecule has 0 radical (unpaired) electrons. The van der Waals surface area contributed by atoms with Crippen molar-refractivity contribution in [2.75, 3.05) is 32.7 Å². The Morgan fingerprint density at radius 3 is 2.17 bits per heavy atom. The molecule has 2 rings (SSSR count). The van der Waals surface area contributed by atoms with Crippen LogP contribution in [-0.4, -0.2) is 54.5 Å². The fraction of sp³-hybridized carbons (Fsp3) is 0.846. The van der Waals surface area contributed by atoms with E-state index in [0.29, 0.717) is 6.54 Å². The third-order valence-electron chi connectivity index (χ3n) is 3.86. The summed E-state index contributed by atoms with van der Waals surface area (Å²) in [7, 11) is 0. The van der Waals surface area contributed by atoms with Crippen LogP contribution in [0, 0.1) is 5.92 Å². The van der Waals surface area contributed by atoms with Gasteiger partial charge in [0.15, 0.2) is 0 Å². The molecule has 1 N–H and O–H groups in total. The predicted octanol–water partition coefficient (Wildman–Crippen LogP) is 1.05. The Labute approximate surface area is 108 Å². The lowest BCUT2D eigenvalue weighted by molar-refractivity contribution is -0.126. The minimum atomic E-state index is 0.0904. The molecule has 0 atom stereocenters. The second-order valence-corrected chi connectivity index (χ2v) is 5.13. The Balaban J connectivity index is 1.79. The zero-order valence-corrected chi connectivity index (χ0v) is 11.2. The standard InChI is InChI=1S/C13H23N3O2/c1-2-14-12(17)11-5-9-16(10-6-11)13(18)15-7-3-4-8-15/h11H,2-10H2,1H3,(H,14,17). The summed E-state index contributed by atoms with van der Waals surface area (Å²) in [5.74, 6) is 0.235. The molecule has 0 unspecified atom stereocenters. The molecular weight excluding hydrogens is 230 g/mol. The van der Waals surface area contributed by atoms with Crippen molar-refractivity contribution in [2.45, 2.75) is 32.6 Å². The number of rotatable bonds is 2. The molecule has 0 bridgehead atoms. The van der Waals surface area contributed by atoms with Crippen LogP contribution in [0.15, 0.2) is 0 Å². The van der Waals surface area contributed by atoms with Gasteiger partial charge in [0.1, 0.15) is 0 Å². The molecule has 18 heavy (non-hydrogen) atoms. The number of likely N-dealkylation sites (tertiary alicyclic amines) is 2. The largest absolute Gasteiger partial charge is 0.356 e. The Kier molecular flexibility index (Phi) is 4.44. The van der Waals surface area contributed by atoms with Crippen LogP contribution in [0.5, 0.6) is 0 Å². The molecule has 5 nitrogen and oxygen atoms in total. The molecule has 0 aliphatic carbocycles. The number of urea groups is 1. The summed E-state index contributed by atoms with van der Waals surface area (Å²) in [6.45, 7) is 5.86. The Morgan fingerprint density at radius 2 is 1.61 bits per heavy atom. The predicted molar refractivity (Wildman–Crippen MR) is 69.2 cm³/mol. The number of carbonyl (C=O) groups excluding carboxylic acids is 2. The van der Waals surface area contributed by atoms with Crippen molar-refractivity contribution in [1.29, 1.82) is 0 Å². The zero-order chi connectivity index (χ0) is 13.0. The third kappa shape index (κ3) is 2.94. The highest BCUT2D eigenvalue weighted by molar-refractivity contribution is 5.79. The Morgan fingerprint density at radius 1 is 1.06 bits per heavy atom. The molecule has 2 aliphatic rings. The molecular formula is C13H23N3O2. The SMILES string of the molecule is CCNC(=O)C1CCN(C(=O)N2CCCC2)CC1. The van der Waals surface area contributed by atoms with Crippen LogP contribution in [0.25, 0.3) is 0 Å². The van der Waals surface area contributed by atoms with Crippen molar-refractivity contribution in [3.8, 4) is 0 Å². The summed E-state index contributed by atoms with van der Waals surface area (Å²) in [6, 6.07) is 0.168. The normalized spacial score (nSPS) is 21.2. The van der Waals surface area contributed by atoms with E-state index in [2.05, 4.69) is 5.32 Å². The van der Waals surface area contributed by atoms with Crippen LogP contribution in [0.3, 0.4) is 0 Å². The molecule has 0 aromatic rings. The molecule has 5 heteroatoms. The number of nitrogens with one attached hydrogen (secondary N) is 1. The highest BCUT2D eigenvalue weighted by atomic mass is 16.2. The van der Waals surface area contributed by atoms with Crippen molar-refractivity contribution >= 4 is 11.9 Å². The van der Waals surface area contributed by atoms with Gasteiger partial charge in [-0.15, -0.1) is 0 Å². The summed E-state index contributed by atoms with van der Waals surface area (Å²) in [4.78, 5) is 27.7. The topological polar surface area (TPSA) is 52.7 Å². The maximum absolute atomic E-state index is 12.2. The van der Waals surface area contributed by atoms with Gasteiger partial charge in [-0.1, -0.05) is 0 Å². The Hall–Kier alpha value is -1.26. The van der Waals surface area contributed by atoms with Crippen LogP contribution in [0.1, 0.15) is 32.6 Å². The van der Waals surface area contributed by atoms with Crippen LogP contribution >= 0.6 is 0 Å². The lowest BCUT2D eigenvalue weighted by Gasteiger charge is -2.33. The smallest absolute Gasteiger partial charge is 0.319 e. The third-order valence-corrected chi connectivity index (χ3v) is 3.86. The first-order valence-corrected chi connectivity index (χ1v) is 7.04. The molecule has 0 saturated carbocycles. The van der Waals surface area contributed by atoms with Gasteiger partial charge in [-0.25, -0.2) is 4.79 Å². The number of carbonyl (C=O) groups is 2. The fourth-order valence-electron chi connectivity index (χ4n) is 2.76. The van der Waals surface area contributed by atoms with Gasteiger partial charge in [0.2, 0.25) is 5.91 Å². The van der Waals surface area contributed by atoms with E-state index in [1.54, 1.807) is 0 Å². The van der Waals surface area contributed by atoms with Crippen molar-refractivity contribution in [1.82, 2.24) is 15.1 Å². The van der Waals surface area contributed by atoms with E-state index in [4.69, 9.17) is 0 Å². The number of hydrogen-bond acceptors (Lipinski definition) is 2. The van der Waals surface area contributed by atoms with Gasteiger partial charge in [-0.3, -0.25) is 4.79 Å². The highest BCUT2D eigenvalue weighted by Gasteiger charge is 2.30. The van der Waals surface area contributed by atoms with Gasteiger partial charge in [0, 0.05) is 38.6 Å². The van der Waals surface area contributed by atoms with Gasteiger partial charge in [0.05, 0.1) is 0 Å². The highest BCUT2D eigenvalue weighted by Crippen LogP contribution is 2.20. The maximum Gasteiger partial charge on any atom is 0.319 e. The first-order chi connectivity index (χ1) is 8.72. The van der Waals surface area contributed by atoms with E-state index in [1.165, 1.54) is 0 Å². The number of amides is 3. The van der Waals surface area contributed by atoms with E-state index < -0.39 is 0 Å². The van der Waals surface area contributed by atoms with Crippen LogP contribution in [0.4, 0.5) is 4.79 Å². The summed E-state index contributed by atoms with van der Waals surface area (Å²) < 4.78 is 0. The molecule has 3 amide bonds. The van der Waals surface area contributed by atoms with E-state index in [-0.39, 0.29) is 17.9 Å². The van der Waals surface area contributed by atoms with Crippen molar-refractivity contribution in [3.05, 3.63) is 0 Å². The molecule has 0 aromatic heterocycles. The zero-order valence-electron chi connectivity index (χ0n) is 11.2. The summed E-state index contributed by atoms with van der Waals surface area (Å²) in [5, 5.41) is 2.86. The van der Waals surface area contributed by atoms with Gasteiger partial charge in [0.25, 0.3) is 0 Å². The monoisotopic (exact) mass is 253 g/mol. The van der Waals surface area contributed by atoms with E-state index >= 15 is 0 Å². The van der Waals surface area contributed by atoms with Crippen molar-refractivity contribution in [2.24, 2.45) is 5.92 Å². The number of piperidine rings is 1. The summed E-state index contributed by atoms with van der Waals surface area (Å²) in [5.41, 5.74) is 0. The van der Waals surface area contributed by atoms with E-state index in [1.807, 2.05) is 16.7 Å². The number of hydrogen-bond donors (Lipinski definition) is 1. The molecule has 102 valence electrons. The fourth-order valence-corrected chi connectivity index (χ4v) is 2.76. The summed E-state index contributed by atoms with van der Waals surface area (Å²) in [6.07, 6.45) is 3.85. The minimum Gasteiger partial charge on any atom is -0.356 e. The lowest BCUT2D eigenvalue weighted by atomic mass is 9.96. The molecule has 2 fully saturated rings. The van der Waals surface area contributed by atoms with Crippen molar-refractivity contribution in [3.63, 3.8) is 0 Å². The molecule has 2 heterocycles. The van der Waals surface area contributed by atoms with Crippen LogP contribution in [-0.2, 0) is 4.79 Å². The first kappa shape index (κ1) is 13.2.